The second kappa shape index (κ2) is 4.59. The largest absolute Gasteiger partial charge is 0.383 e. The Bertz CT molecular complexity index is 823. The number of hydrogen-bond acceptors (Lipinski definition) is 3. The summed E-state index contributed by atoms with van der Waals surface area (Å²) >= 11 is 3.52. The van der Waals surface area contributed by atoms with E-state index in [1.165, 1.54) is 0 Å². The zero-order valence-electron chi connectivity index (χ0n) is 12.6. The van der Waals surface area contributed by atoms with Crippen molar-refractivity contribution in [2.75, 3.05) is 5.73 Å². The molecule has 3 rings (SSSR count). The van der Waals surface area contributed by atoms with Gasteiger partial charge in [-0.1, -0.05) is 20.8 Å². The van der Waals surface area contributed by atoms with Gasteiger partial charge in [0, 0.05) is 30.4 Å². The predicted molar refractivity (Wildman–Crippen MR) is 88.2 cm³/mol. The summed E-state index contributed by atoms with van der Waals surface area (Å²) in [4.78, 5) is 4.71. The van der Waals surface area contributed by atoms with Crippen LogP contribution in [0.3, 0.4) is 0 Å². The fraction of sp³-hybridized carbons (Fsp3) is 0.333. The van der Waals surface area contributed by atoms with Crippen LogP contribution in [0.2, 0.25) is 0 Å². The standard InChI is InChI=1S/C15H18BrN5/c1-15(2,3)12-9(8-20(4)19-12)11-13(17)21-7-5-6-10(16)14(21)18-11/h5-8H,17H2,1-4H3. The first kappa shape index (κ1) is 14.1. The third kappa shape index (κ3) is 2.23. The number of imidazole rings is 1. The molecule has 0 atom stereocenters. The number of fused-ring (bicyclic) bond motifs is 1. The highest BCUT2D eigenvalue weighted by Gasteiger charge is 2.26. The maximum absolute atomic E-state index is 6.30. The summed E-state index contributed by atoms with van der Waals surface area (Å²) in [6.45, 7) is 6.42. The van der Waals surface area contributed by atoms with Crippen molar-refractivity contribution in [3.63, 3.8) is 0 Å². The van der Waals surface area contributed by atoms with Crippen LogP contribution in [-0.4, -0.2) is 19.2 Å². The Balaban J connectivity index is 2.32. The van der Waals surface area contributed by atoms with Gasteiger partial charge in [0.05, 0.1) is 10.2 Å². The van der Waals surface area contributed by atoms with E-state index in [2.05, 4.69) is 41.8 Å². The van der Waals surface area contributed by atoms with Gasteiger partial charge in [-0.25, -0.2) is 4.98 Å². The van der Waals surface area contributed by atoms with Gasteiger partial charge in [0.2, 0.25) is 0 Å². The summed E-state index contributed by atoms with van der Waals surface area (Å²) < 4.78 is 4.62. The molecule has 0 fully saturated rings. The number of aromatic nitrogens is 4. The van der Waals surface area contributed by atoms with E-state index in [1.54, 1.807) is 0 Å². The molecule has 0 saturated carbocycles. The Hall–Kier alpha value is -1.82. The zero-order chi connectivity index (χ0) is 15.4. The Kier molecular flexibility index (Phi) is 3.09. The Labute approximate surface area is 131 Å². The summed E-state index contributed by atoms with van der Waals surface area (Å²) in [5.74, 6) is 0.629. The van der Waals surface area contributed by atoms with Crippen LogP contribution in [0.25, 0.3) is 16.9 Å². The van der Waals surface area contributed by atoms with Gasteiger partial charge >= 0.3 is 0 Å². The van der Waals surface area contributed by atoms with Crippen molar-refractivity contribution in [3.05, 3.63) is 34.7 Å². The van der Waals surface area contributed by atoms with E-state index in [0.29, 0.717) is 5.82 Å². The molecule has 3 aromatic heterocycles. The van der Waals surface area contributed by atoms with E-state index in [9.17, 15) is 0 Å². The van der Waals surface area contributed by atoms with Crippen LogP contribution in [0.5, 0.6) is 0 Å². The molecule has 0 aliphatic rings. The third-order valence-electron chi connectivity index (χ3n) is 3.43. The van der Waals surface area contributed by atoms with Crippen molar-refractivity contribution in [2.45, 2.75) is 26.2 Å². The van der Waals surface area contributed by atoms with Crippen molar-refractivity contribution < 1.29 is 0 Å². The lowest BCUT2D eigenvalue weighted by Crippen LogP contribution is -2.14. The van der Waals surface area contributed by atoms with Gasteiger partial charge in [-0.15, -0.1) is 0 Å². The van der Waals surface area contributed by atoms with E-state index in [4.69, 9.17) is 10.7 Å². The number of rotatable bonds is 1. The van der Waals surface area contributed by atoms with E-state index in [0.717, 1.165) is 27.1 Å². The van der Waals surface area contributed by atoms with Crippen molar-refractivity contribution in [2.24, 2.45) is 7.05 Å². The fourth-order valence-corrected chi connectivity index (χ4v) is 2.90. The molecule has 21 heavy (non-hydrogen) atoms. The fourth-order valence-electron chi connectivity index (χ4n) is 2.47. The number of pyridine rings is 1. The number of aryl methyl sites for hydroxylation is 1. The highest BCUT2D eigenvalue weighted by Crippen LogP contribution is 2.35. The van der Waals surface area contributed by atoms with E-state index in [1.807, 2.05) is 40.7 Å². The van der Waals surface area contributed by atoms with Crippen molar-refractivity contribution in [1.82, 2.24) is 19.2 Å². The molecule has 110 valence electrons. The summed E-state index contributed by atoms with van der Waals surface area (Å²) in [5, 5.41) is 4.59. The molecule has 0 aliphatic heterocycles. The molecular weight excluding hydrogens is 330 g/mol. The molecule has 0 saturated heterocycles. The first-order valence-corrected chi connectivity index (χ1v) is 7.55. The minimum absolute atomic E-state index is 0.0733. The van der Waals surface area contributed by atoms with E-state index >= 15 is 0 Å². The molecule has 0 radical (unpaired) electrons. The maximum atomic E-state index is 6.30. The van der Waals surface area contributed by atoms with Crippen LogP contribution in [0.1, 0.15) is 26.5 Å². The van der Waals surface area contributed by atoms with Gasteiger partial charge < -0.3 is 5.73 Å². The summed E-state index contributed by atoms with van der Waals surface area (Å²) in [7, 11) is 1.92. The predicted octanol–water partition coefficient (Wildman–Crippen LogP) is 3.38. The Morgan fingerprint density at radius 3 is 2.62 bits per heavy atom. The van der Waals surface area contributed by atoms with Crippen molar-refractivity contribution >= 4 is 27.4 Å². The van der Waals surface area contributed by atoms with Crippen molar-refractivity contribution in [1.29, 1.82) is 0 Å². The number of hydrogen-bond donors (Lipinski definition) is 1. The molecule has 0 unspecified atom stereocenters. The molecular formula is C15H18BrN5. The Morgan fingerprint density at radius 2 is 2.00 bits per heavy atom. The summed E-state index contributed by atoms with van der Waals surface area (Å²) in [6.07, 6.45) is 3.89. The zero-order valence-corrected chi connectivity index (χ0v) is 14.1. The highest BCUT2D eigenvalue weighted by molar-refractivity contribution is 9.10. The molecule has 0 aromatic carbocycles. The first-order valence-electron chi connectivity index (χ1n) is 6.75. The summed E-state index contributed by atoms with van der Waals surface area (Å²) in [6, 6.07) is 3.90. The van der Waals surface area contributed by atoms with Crippen LogP contribution < -0.4 is 5.73 Å². The normalized spacial score (nSPS) is 12.2. The molecule has 0 bridgehead atoms. The molecule has 6 heteroatoms. The number of nitrogens with two attached hydrogens (primary N) is 1. The number of nitrogens with zero attached hydrogens (tertiary/aromatic N) is 4. The molecule has 0 spiro atoms. The van der Waals surface area contributed by atoms with Crippen LogP contribution in [0.15, 0.2) is 29.0 Å². The molecule has 0 amide bonds. The number of halogens is 1. The monoisotopic (exact) mass is 347 g/mol. The highest BCUT2D eigenvalue weighted by atomic mass is 79.9. The molecule has 2 N–H and O–H groups in total. The molecule has 3 heterocycles. The topological polar surface area (TPSA) is 61.1 Å². The lowest BCUT2D eigenvalue weighted by Gasteiger charge is -2.16. The number of anilines is 1. The Morgan fingerprint density at radius 1 is 1.29 bits per heavy atom. The first-order chi connectivity index (χ1) is 9.79. The number of nitrogen functional groups attached to an aromatic ring is 1. The second-order valence-electron chi connectivity index (χ2n) is 6.21. The second-order valence-corrected chi connectivity index (χ2v) is 7.06. The van der Waals surface area contributed by atoms with Gasteiger partial charge in [-0.05, 0) is 28.1 Å². The minimum Gasteiger partial charge on any atom is -0.383 e. The molecule has 3 aromatic rings. The van der Waals surface area contributed by atoms with Crippen LogP contribution >= 0.6 is 15.9 Å². The van der Waals surface area contributed by atoms with Gasteiger partial charge in [0.25, 0.3) is 0 Å². The quantitative estimate of drug-likeness (QED) is 0.733. The smallest absolute Gasteiger partial charge is 0.153 e. The van der Waals surface area contributed by atoms with Crippen LogP contribution in [-0.2, 0) is 12.5 Å². The molecule has 0 aliphatic carbocycles. The third-order valence-corrected chi connectivity index (χ3v) is 4.05. The average Bonchev–Trinajstić information content (AvgIpc) is 2.92. The molecule has 5 nitrogen and oxygen atoms in total. The lowest BCUT2D eigenvalue weighted by molar-refractivity contribution is 0.554. The van der Waals surface area contributed by atoms with Gasteiger partial charge in [0.15, 0.2) is 5.65 Å². The summed E-state index contributed by atoms with van der Waals surface area (Å²) in [5.41, 5.74) is 9.80. The van der Waals surface area contributed by atoms with E-state index in [-0.39, 0.29) is 5.41 Å². The maximum Gasteiger partial charge on any atom is 0.153 e. The minimum atomic E-state index is -0.0733. The van der Waals surface area contributed by atoms with Crippen LogP contribution in [0, 0.1) is 0 Å². The lowest BCUT2D eigenvalue weighted by atomic mass is 9.89. The van der Waals surface area contributed by atoms with Crippen molar-refractivity contribution in [3.8, 4) is 11.3 Å². The average molecular weight is 348 g/mol. The SMILES string of the molecule is Cn1cc(-c2nc3c(Br)cccn3c2N)c(C(C)(C)C)n1. The van der Waals surface area contributed by atoms with Gasteiger partial charge in [-0.2, -0.15) is 5.10 Å². The van der Waals surface area contributed by atoms with E-state index < -0.39 is 0 Å². The van der Waals surface area contributed by atoms with Gasteiger partial charge in [-0.3, -0.25) is 9.08 Å². The van der Waals surface area contributed by atoms with Gasteiger partial charge in [0.1, 0.15) is 11.5 Å². The van der Waals surface area contributed by atoms with Crippen LogP contribution in [0.4, 0.5) is 5.82 Å².